The molecule has 92 valence electrons. The number of benzene rings is 2. The summed E-state index contributed by atoms with van der Waals surface area (Å²) >= 11 is 0. The maximum Gasteiger partial charge on any atom is 0.102 e. The molecule has 0 aliphatic carbocycles. The first-order valence-corrected chi connectivity index (χ1v) is 6.13. The number of nitrogens with zero attached hydrogens (tertiary/aromatic N) is 1. The zero-order valence-electron chi connectivity index (χ0n) is 10.1. The zero-order chi connectivity index (χ0) is 12.8. The Bertz CT molecular complexity index is 885. The highest BCUT2D eigenvalue weighted by molar-refractivity contribution is 6.02. The minimum atomic E-state index is 0.746. The van der Waals surface area contributed by atoms with E-state index in [2.05, 4.69) is 39.4 Å². The number of anilines is 1. The molecule has 4 N–H and O–H groups in total. The van der Waals surface area contributed by atoms with Gasteiger partial charge in [-0.15, -0.1) is 0 Å². The minimum Gasteiger partial charge on any atom is -0.398 e. The third-order valence-electron chi connectivity index (χ3n) is 3.45. The average Bonchev–Trinajstić information content (AvgIpc) is 3.04. The van der Waals surface area contributed by atoms with Gasteiger partial charge in [0.15, 0.2) is 0 Å². The summed E-state index contributed by atoms with van der Waals surface area (Å²) in [6.07, 6.45) is 1.94. The van der Waals surface area contributed by atoms with E-state index in [0.29, 0.717) is 0 Å². The molecule has 0 aliphatic heterocycles. The van der Waals surface area contributed by atoms with Crippen LogP contribution >= 0.6 is 0 Å². The molecule has 4 rings (SSSR count). The van der Waals surface area contributed by atoms with Crippen molar-refractivity contribution in [3.63, 3.8) is 0 Å². The number of nitrogen functional groups attached to an aromatic ring is 1. The van der Waals surface area contributed by atoms with Crippen molar-refractivity contribution in [1.29, 1.82) is 0 Å². The molecule has 0 unspecified atom stereocenters. The Hall–Kier alpha value is -2.75. The summed E-state index contributed by atoms with van der Waals surface area (Å²) in [4.78, 5) is 3.19. The number of rotatable bonds is 1. The van der Waals surface area contributed by atoms with E-state index in [-0.39, 0.29) is 0 Å². The molecule has 19 heavy (non-hydrogen) atoms. The van der Waals surface area contributed by atoms with Crippen LogP contribution in [0.15, 0.2) is 48.7 Å². The number of nitrogens with one attached hydrogen (secondary N) is 2. The van der Waals surface area contributed by atoms with Crippen molar-refractivity contribution in [2.45, 2.75) is 0 Å². The molecule has 2 aromatic carbocycles. The number of aromatic amines is 2. The fourth-order valence-corrected chi connectivity index (χ4v) is 2.51. The van der Waals surface area contributed by atoms with Crippen LogP contribution in [0.3, 0.4) is 0 Å². The molecule has 0 bridgehead atoms. The van der Waals surface area contributed by atoms with Crippen molar-refractivity contribution >= 4 is 27.5 Å². The first-order valence-electron chi connectivity index (χ1n) is 6.13. The van der Waals surface area contributed by atoms with Gasteiger partial charge in [-0.3, -0.25) is 5.10 Å². The van der Waals surface area contributed by atoms with E-state index in [1.165, 1.54) is 5.39 Å². The van der Waals surface area contributed by atoms with E-state index < -0.39 is 0 Å². The lowest BCUT2D eigenvalue weighted by Crippen LogP contribution is -1.86. The van der Waals surface area contributed by atoms with Gasteiger partial charge in [0.25, 0.3) is 0 Å². The molecular formula is C15H12N4. The lowest BCUT2D eigenvalue weighted by molar-refractivity contribution is 1.12. The summed E-state index contributed by atoms with van der Waals surface area (Å²) in [5.74, 6) is 0. The van der Waals surface area contributed by atoms with E-state index >= 15 is 0 Å². The summed E-state index contributed by atoms with van der Waals surface area (Å²) in [6, 6.07) is 14.1. The number of aromatic nitrogens is 3. The number of nitrogens with two attached hydrogens (primary N) is 1. The molecule has 0 aliphatic rings. The van der Waals surface area contributed by atoms with Crippen LogP contribution in [-0.2, 0) is 0 Å². The number of hydrogen-bond acceptors (Lipinski definition) is 2. The van der Waals surface area contributed by atoms with Crippen molar-refractivity contribution in [2.24, 2.45) is 0 Å². The van der Waals surface area contributed by atoms with Gasteiger partial charge < -0.3 is 10.7 Å². The Kier molecular flexibility index (Phi) is 1.94. The van der Waals surface area contributed by atoms with E-state index in [1.807, 2.05) is 24.4 Å². The Morgan fingerprint density at radius 1 is 1.00 bits per heavy atom. The van der Waals surface area contributed by atoms with Gasteiger partial charge in [-0.25, -0.2) is 0 Å². The van der Waals surface area contributed by atoms with Gasteiger partial charge in [-0.2, -0.15) is 5.10 Å². The van der Waals surface area contributed by atoms with Crippen molar-refractivity contribution in [3.8, 4) is 11.3 Å². The van der Waals surface area contributed by atoms with Crippen molar-refractivity contribution in [3.05, 3.63) is 48.7 Å². The zero-order valence-corrected chi connectivity index (χ0v) is 10.1. The summed E-state index contributed by atoms with van der Waals surface area (Å²) in [5.41, 5.74) is 10.9. The second kappa shape index (κ2) is 3.62. The SMILES string of the molecule is Nc1cccc2[nH]nc(-c3ccc4[nH]ccc4c3)c12. The van der Waals surface area contributed by atoms with Crippen LogP contribution in [0.4, 0.5) is 5.69 Å². The molecular weight excluding hydrogens is 236 g/mol. The van der Waals surface area contributed by atoms with E-state index in [4.69, 9.17) is 5.73 Å². The molecule has 0 fully saturated rings. The van der Waals surface area contributed by atoms with Crippen LogP contribution in [0.25, 0.3) is 33.1 Å². The van der Waals surface area contributed by atoms with Gasteiger partial charge in [0.1, 0.15) is 5.69 Å². The predicted octanol–water partition coefficient (Wildman–Crippen LogP) is 3.29. The third-order valence-corrected chi connectivity index (χ3v) is 3.45. The van der Waals surface area contributed by atoms with Crippen LogP contribution in [0, 0.1) is 0 Å². The molecule has 4 nitrogen and oxygen atoms in total. The van der Waals surface area contributed by atoms with Crippen LogP contribution in [0.1, 0.15) is 0 Å². The number of H-pyrrole nitrogens is 2. The van der Waals surface area contributed by atoms with Gasteiger partial charge in [0.2, 0.25) is 0 Å². The molecule has 2 aromatic heterocycles. The van der Waals surface area contributed by atoms with E-state index in [0.717, 1.165) is 33.4 Å². The Morgan fingerprint density at radius 2 is 1.95 bits per heavy atom. The smallest absolute Gasteiger partial charge is 0.102 e. The summed E-state index contributed by atoms with van der Waals surface area (Å²) in [7, 11) is 0. The molecule has 0 spiro atoms. The van der Waals surface area contributed by atoms with Crippen molar-refractivity contribution in [2.75, 3.05) is 5.73 Å². The van der Waals surface area contributed by atoms with E-state index in [1.54, 1.807) is 0 Å². The lowest BCUT2D eigenvalue weighted by atomic mass is 10.1. The Morgan fingerprint density at radius 3 is 2.89 bits per heavy atom. The fraction of sp³-hybridized carbons (Fsp3) is 0. The maximum absolute atomic E-state index is 6.07. The summed E-state index contributed by atoms with van der Waals surface area (Å²) in [5, 5.41) is 9.59. The first-order chi connectivity index (χ1) is 9.33. The van der Waals surface area contributed by atoms with Crippen LogP contribution < -0.4 is 5.73 Å². The van der Waals surface area contributed by atoms with Crippen LogP contribution in [0.2, 0.25) is 0 Å². The van der Waals surface area contributed by atoms with Crippen molar-refractivity contribution < 1.29 is 0 Å². The third kappa shape index (κ3) is 1.43. The molecule has 0 atom stereocenters. The highest BCUT2D eigenvalue weighted by Gasteiger charge is 2.11. The predicted molar refractivity (Wildman–Crippen MR) is 77.8 cm³/mol. The molecule has 0 saturated carbocycles. The minimum absolute atomic E-state index is 0.746. The van der Waals surface area contributed by atoms with Gasteiger partial charge in [0, 0.05) is 28.4 Å². The number of hydrogen-bond donors (Lipinski definition) is 3. The maximum atomic E-state index is 6.07. The molecule has 0 saturated heterocycles. The van der Waals surface area contributed by atoms with Crippen LogP contribution in [-0.4, -0.2) is 15.2 Å². The average molecular weight is 248 g/mol. The second-order valence-corrected chi connectivity index (χ2v) is 4.62. The Balaban J connectivity index is 2.03. The quantitative estimate of drug-likeness (QED) is 0.452. The summed E-state index contributed by atoms with van der Waals surface area (Å²) < 4.78 is 0. The lowest BCUT2D eigenvalue weighted by Gasteiger charge is -2.01. The normalized spacial score (nSPS) is 11.4. The van der Waals surface area contributed by atoms with Crippen LogP contribution in [0.5, 0.6) is 0 Å². The summed E-state index contributed by atoms with van der Waals surface area (Å²) in [6.45, 7) is 0. The molecule has 4 heteroatoms. The largest absolute Gasteiger partial charge is 0.398 e. The second-order valence-electron chi connectivity index (χ2n) is 4.62. The number of fused-ring (bicyclic) bond motifs is 2. The topological polar surface area (TPSA) is 70.5 Å². The van der Waals surface area contributed by atoms with Gasteiger partial charge in [0.05, 0.1) is 10.9 Å². The molecule has 0 radical (unpaired) electrons. The van der Waals surface area contributed by atoms with Gasteiger partial charge >= 0.3 is 0 Å². The highest BCUT2D eigenvalue weighted by Crippen LogP contribution is 2.31. The monoisotopic (exact) mass is 248 g/mol. The fourth-order valence-electron chi connectivity index (χ4n) is 2.51. The first kappa shape index (κ1) is 10.2. The molecule has 4 aromatic rings. The molecule has 2 heterocycles. The molecule has 0 amide bonds. The van der Waals surface area contributed by atoms with Gasteiger partial charge in [-0.1, -0.05) is 12.1 Å². The highest BCUT2D eigenvalue weighted by atomic mass is 15.1. The van der Waals surface area contributed by atoms with E-state index in [9.17, 15) is 0 Å². The van der Waals surface area contributed by atoms with Gasteiger partial charge in [-0.05, 0) is 30.3 Å². The standard InChI is InChI=1S/C15H12N4/c16-11-2-1-3-13-14(11)15(19-18-13)10-4-5-12-9(8-10)6-7-17-12/h1-8,17H,16H2,(H,18,19). The Labute approximate surface area is 109 Å². The van der Waals surface area contributed by atoms with Crippen molar-refractivity contribution in [1.82, 2.24) is 15.2 Å².